The number of hydrogen-bond acceptors (Lipinski definition) is 4. The highest BCUT2D eigenvalue weighted by Gasteiger charge is 1.93. The Morgan fingerprint density at radius 2 is 1.61 bits per heavy atom. The topological polar surface area (TPSA) is 69.7 Å². The van der Waals surface area contributed by atoms with Gasteiger partial charge < -0.3 is 20.8 Å². The summed E-state index contributed by atoms with van der Waals surface area (Å²) < 4.78 is 0. The van der Waals surface area contributed by atoms with Gasteiger partial charge in [0.05, 0.1) is 5.69 Å². The summed E-state index contributed by atoms with van der Waals surface area (Å²) in [7, 11) is 3.88. The fourth-order valence-electron chi connectivity index (χ4n) is 1.26. The van der Waals surface area contributed by atoms with Gasteiger partial charge in [-0.25, -0.2) is 0 Å². The van der Waals surface area contributed by atoms with E-state index in [2.05, 4.69) is 0 Å². The third-order valence-electron chi connectivity index (χ3n) is 2.28. The maximum atomic E-state index is 9.04. The van der Waals surface area contributed by atoms with Crippen LogP contribution in [0.5, 0.6) is 11.5 Å². The van der Waals surface area contributed by atoms with Crippen LogP contribution in [-0.4, -0.2) is 24.3 Å². The highest BCUT2D eigenvalue weighted by Crippen LogP contribution is 2.17. The minimum atomic E-state index is 0.146. The van der Waals surface area contributed by atoms with Crippen LogP contribution in [0, 0.1) is 0 Å². The summed E-state index contributed by atoms with van der Waals surface area (Å²) in [5.74, 6) is 0.457. The molecular formula is C14H18N2O2. The number of phenolic OH excluding ortho intramolecular Hbond substituents is 2. The molecule has 0 spiro atoms. The second kappa shape index (κ2) is 6.39. The molecule has 4 N–H and O–H groups in total. The molecule has 0 aliphatic carbocycles. The molecular weight excluding hydrogens is 228 g/mol. The first-order chi connectivity index (χ1) is 8.50. The van der Waals surface area contributed by atoms with Gasteiger partial charge in [-0.1, -0.05) is 18.2 Å². The number of hydrogen-bond donors (Lipinski definition) is 3. The van der Waals surface area contributed by atoms with Crippen LogP contribution in [0.4, 0.5) is 11.4 Å². The monoisotopic (exact) mass is 246 g/mol. The number of anilines is 2. The minimum Gasteiger partial charge on any atom is -0.508 e. The Bertz CT molecular complexity index is 478. The summed E-state index contributed by atoms with van der Waals surface area (Å²) in [6, 6.07) is 13.8. The van der Waals surface area contributed by atoms with Crippen molar-refractivity contribution in [2.45, 2.75) is 0 Å². The van der Waals surface area contributed by atoms with E-state index in [0.717, 1.165) is 5.69 Å². The van der Waals surface area contributed by atoms with Gasteiger partial charge in [0, 0.05) is 25.8 Å². The molecule has 0 saturated carbocycles. The third kappa shape index (κ3) is 4.25. The molecule has 4 nitrogen and oxygen atoms in total. The quantitative estimate of drug-likeness (QED) is 0.534. The Labute approximate surface area is 107 Å². The van der Waals surface area contributed by atoms with Gasteiger partial charge in [-0.05, 0) is 24.3 Å². The Balaban J connectivity index is 0.000000184. The zero-order valence-electron chi connectivity index (χ0n) is 10.5. The van der Waals surface area contributed by atoms with E-state index in [4.69, 9.17) is 15.9 Å². The van der Waals surface area contributed by atoms with Crippen molar-refractivity contribution >= 4 is 11.4 Å². The lowest BCUT2D eigenvalue weighted by molar-refractivity contribution is 0.475. The van der Waals surface area contributed by atoms with Crippen molar-refractivity contribution in [1.29, 1.82) is 0 Å². The second-order valence-electron chi connectivity index (χ2n) is 3.97. The van der Waals surface area contributed by atoms with Crippen molar-refractivity contribution in [3.8, 4) is 11.5 Å². The number of nitrogens with zero attached hydrogens (tertiary/aromatic N) is 1. The van der Waals surface area contributed by atoms with Gasteiger partial charge >= 0.3 is 0 Å². The van der Waals surface area contributed by atoms with Crippen LogP contribution in [0.3, 0.4) is 0 Å². The van der Waals surface area contributed by atoms with E-state index in [0.29, 0.717) is 11.4 Å². The molecule has 2 aromatic carbocycles. The summed E-state index contributed by atoms with van der Waals surface area (Å²) in [6.07, 6.45) is 0. The summed E-state index contributed by atoms with van der Waals surface area (Å²) in [5, 5.41) is 17.8. The Morgan fingerprint density at radius 3 is 2.00 bits per heavy atom. The predicted octanol–water partition coefficient (Wildman–Crippen LogP) is 2.43. The first-order valence-corrected chi connectivity index (χ1v) is 5.50. The van der Waals surface area contributed by atoms with Gasteiger partial charge in [0.1, 0.15) is 11.5 Å². The van der Waals surface area contributed by atoms with Crippen LogP contribution in [0.25, 0.3) is 0 Å². The molecule has 0 fully saturated rings. The molecule has 0 aromatic heterocycles. The van der Waals surface area contributed by atoms with Crippen molar-refractivity contribution in [3.63, 3.8) is 0 Å². The average Bonchev–Trinajstić information content (AvgIpc) is 2.34. The van der Waals surface area contributed by atoms with Gasteiger partial charge in [0.2, 0.25) is 0 Å². The molecule has 2 aromatic rings. The van der Waals surface area contributed by atoms with E-state index in [1.807, 2.05) is 31.1 Å². The molecule has 0 saturated heterocycles. The number of nitrogen functional groups attached to an aromatic ring is 1. The van der Waals surface area contributed by atoms with Crippen LogP contribution in [0.15, 0.2) is 48.5 Å². The van der Waals surface area contributed by atoms with Crippen molar-refractivity contribution in [1.82, 2.24) is 0 Å². The first kappa shape index (κ1) is 13.7. The molecule has 18 heavy (non-hydrogen) atoms. The maximum Gasteiger partial charge on any atom is 0.138 e. The number of benzene rings is 2. The molecule has 0 heterocycles. The molecule has 0 bridgehead atoms. The van der Waals surface area contributed by atoms with Crippen LogP contribution < -0.4 is 10.6 Å². The van der Waals surface area contributed by atoms with Crippen molar-refractivity contribution in [2.24, 2.45) is 0 Å². The number of para-hydroxylation sites is 2. The van der Waals surface area contributed by atoms with Gasteiger partial charge in [-0.3, -0.25) is 0 Å². The lowest BCUT2D eigenvalue weighted by Gasteiger charge is -2.11. The zero-order valence-corrected chi connectivity index (χ0v) is 10.5. The normalized spacial score (nSPS) is 9.22. The maximum absolute atomic E-state index is 9.04. The van der Waals surface area contributed by atoms with Crippen molar-refractivity contribution in [2.75, 3.05) is 24.7 Å². The molecule has 0 aliphatic rings. The molecule has 96 valence electrons. The first-order valence-electron chi connectivity index (χ1n) is 5.50. The van der Waals surface area contributed by atoms with E-state index in [1.165, 1.54) is 0 Å². The molecule has 4 heteroatoms. The van der Waals surface area contributed by atoms with E-state index in [-0.39, 0.29) is 5.75 Å². The molecule has 0 amide bonds. The lowest BCUT2D eigenvalue weighted by atomic mass is 10.3. The summed E-state index contributed by atoms with van der Waals surface area (Å²) in [5.41, 5.74) is 6.71. The van der Waals surface area contributed by atoms with E-state index in [1.54, 1.807) is 36.4 Å². The molecule has 0 atom stereocenters. The Kier molecular flexibility index (Phi) is 4.87. The lowest BCUT2D eigenvalue weighted by Crippen LogP contribution is -2.07. The number of rotatable bonds is 1. The largest absolute Gasteiger partial charge is 0.508 e. The van der Waals surface area contributed by atoms with Crippen molar-refractivity contribution in [3.05, 3.63) is 48.5 Å². The van der Waals surface area contributed by atoms with E-state index in [9.17, 15) is 0 Å². The molecule has 0 radical (unpaired) electrons. The van der Waals surface area contributed by atoms with E-state index >= 15 is 0 Å². The van der Waals surface area contributed by atoms with Gasteiger partial charge in [-0.2, -0.15) is 0 Å². The Hall–Kier alpha value is -2.36. The average molecular weight is 246 g/mol. The summed E-state index contributed by atoms with van der Waals surface area (Å²) in [4.78, 5) is 1.94. The Morgan fingerprint density at radius 1 is 0.944 bits per heavy atom. The van der Waals surface area contributed by atoms with Gasteiger partial charge in [-0.15, -0.1) is 0 Å². The zero-order chi connectivity index (χ0) is 13.5. The number of aromatic hydroxyl groups is 2. The molecule has 0 unspecified atom stereocenters. The van der Waals surface area contributed by atoms with Crippen LogP contribution >= 0.6 is 0 Å². The second-order valence-corrected chi connectivity index (χ2v) is 3.97. The van der Waals surface area contributed by atoms with E-state index < -0.39 is 0 Å². The highest BCUT2D eigenvalue weighted by molar-refractivity contribution is 5.50. The highest BCUT2D eigenvalue weighted by atomic mass is 16.3. The number of nitrogens with two attached hydrogens (primary N) is 1. The number of phenols is 2. The molecule has 2 rings (SSSR count). The standard InChI is InChI=1S/C8H11NO.C6H7NO/c1-9(2)7-4-3-5-8(10)6-7;7-5-3-1-2-4-6(5)8/h3-6,10H,1-2H3;1-4,8H,7H2. The van der Waals surface area contributed by atoms with Gasteiger partial charge in [0.15, 0.2) is 0 Å². The van der Waals surface area contributed by atoms with Crippen LogP contribution in [-0.2, 0) is 0 Å². The summed E-state index contributed by atoms with van der Waals surface area (Å²) >= 11 is 0. The molecule has 0 aliphatic heterocycles. The van der Waals surface area contributed by atoms with Crippen molar-refractivity contribution < 1.29 is 10.2 Å². The van der Waals surface area contributed by atoms with Crippen LogP contribution in [0.2, 0.25) is 0 Å². The minimum absolute atomic E-state index is 0.146. The predicted molar refractivity (Wildman–Crippen MR) is 75.0 cm³/mol. The smallest absolute Gasteiger partial charge is 0.138 e. The third-order valence-corrected chi connectivity index (χ3v) is 2.28. The SMILES string of the molecule is CN(C)c1cccc(O)c1.Nc1ccccc1O. The fourth-order valence-corrected chi connectivity index (χ4v) is 1.26. The fraction of sp³-hybridized carbons (Fsp3) is 0.143. The van der Waals surface area contributed by atoms with Crippen LogP contribution in [0.1, 0.15) is 0 Å². The van der Waals surface area contributed by atoms with Gasteiger partial charge in [0.25, 0.3) is 0 Å². The summed E-state index contributed by atoms with van der Waals surface area (Å²) in [6.45, 7) is 0.